The Balaban J connectivity index is 2.09. The van der Waals surface area contributed by atoms with Gasteiger partial charge < -0.3 is 28.7 Å². The lowest BCUT2D eigenvalue weighted by Crippen LogP contribution is -2.62. The van der Waals surface area contributed by atoms with E-state index in [9.17, 15) is 19.2 Å². The number of unbranched alkanes of at least 4 members (excludes halogenated alkanes) is 16. The first-order valence-corrected chi connectivity index (χ1v) is 26.4. The van der Waals surface area contributed by atoms with Gasteiger partial charge in [-0.2, -0.15) is 0 Å². The van der Waals surface area contributed by atoms with Crippen molar-refractivity contribution in [3.05, 3.63) is 0 Å². The first-order chi connectivity index (χ1) is 30.2. The van der Waals surface area contributed by atoms with Crippen LogP contribution in [-0.4, -0.2) is 97.4 Å². The highest BCUT2D eigenvalue weighted by atomic mass is 16.6. The van der Waals surface area contributed by atoms with Crippen LogP contribution in [0.2, 0.25) is 0 Å². The van der Waals surface area contributed by atoms with Gasteiger partial charge in [0, 0.05) is 35.0 Å². The van der Waals surface area contributed by atoms with Crippen molar-refractivity contribution in [2.45, 2.75) is 254 Å². The van der Waals surface area contributed by atoms with Crippen molar-refractivity contribution < 1.29 is 38.1 Å². The number of nitrogens with zero attached hydrogens (tertiary/aromatic N) is 2. The molecule has 0 aromatic rings. The van der Waals surface area contributed by atoms with Gasteiger partial charge in [0.1, 0.15) is 12.2 Å². The minimum absolute atomic E-state index is 0.0812. The SMILES string of the molecule is CCCCCCCCCCCCCOC(=O)C(C(=O)OCCCCC(CCCCCCCC)C(=O)OC1CCN(C)C(C)(C)C1(C)C)C(CC)C(=O)OC1CCN(C)C(C)(C)C1(C)C. The third-order valence-corrected chi connectivity index (χ3v) is 16.7. The summed E-state index contributed by atoms with van der Waals surface area (Å²) in [7, 11) is 4.23. The summed E-state index contributed by atoms with van der Waals surface area (Å²) in [6.45, 7) is 25.6. The Morgan fingerprint density at radius 2 is 0.828 bits per heavy atom. The van der Waals surface area contributed by atoms with Gasteiger partial charge in [0.2, 0.25) is 0 Å². The first-order valence-electron chi connectivity index (χ1n) is 26.4. The van der Waals surface area contributed by atoms with Crippen molar-refractivity contribution in [1.29, 1.82) is 0 Å². The van der Waals surface area contributed by atoms with Crippen LogP contribution in [-0.2, 0) is 38.1 Å². The van der Waals surface area contributed by atoms with Gasteiger partial charge in [-0.1, -0.05) is 151 Å². The van der Waals surface area contributed by atoms with Gasteiger partial charge in [-0.25, -0.2) is 0 Å². The van der Waals surface area contributed by atoms with E-state index in [1.165, 1.54) is 77.0 Å². The summed E-state index contributed by atoms with van der Waals surface area (Å²) in [6, 6.07) is 0. The molecule has 2 saturated heterocycles. The Morgan fingerprint density at radius 1 is 0.484 bits per heavy atom. The van der Waals surface area contributed by atoms with Crippen LogP contribution >= 0.6 is 0 Å². The summed E-state index contributed by atoms with van der Waals surface area (Å²) in [4.78, 5) is 60.4. The van der Waals surface area contributed by atoms with E-state index in [1.807, 2.05) is 6.92 Å². The van der Waals surface area contributed by atoms with Crippen molar-refractivity contribution >= 4 is 23.9 Å². The molecule has 2 heterocycles. The van der Waals surface area contributed by atoms with Crippen LogP contribution in [0.4, 0.5) is 0 Å². The number of carbonyl (C=O) groups is 4. The van der Waals surface area contributed by atoms with Crippen LogP contribution in [0.15, 0.2) is 0 Å². The minimum atomic E-state index is -1.41. The monoisotopic (exact) mass is 905 g/mol. The van der Waals surface area contributed by atoms with Gasteiger partial charge in [0.25, 0.3) is 0 Å². The van der Waals surface area contributed by atoms with E-state index in [-0.39, 0.29) is 65.6 Å². The molecule has 0 amide bonds. The second-order valence-electron chi connectivity index (χ2n) is 21.9. The fourth-order valence-electron chi connectivity index (χ4n) is 9.85. The maximum atomic E-state index is 14.1. The predicted octanol–water partition coefficient (Wildman–Crippen LogP) is 12.7. The Kier molecular flexibility index (Phi) is 26.1. The predicted molar refractivity (Wildman–Crippen MR) is 261 cm³/mol. The third kappa shape index (κ3) is 17.1. The topological polar surface area (TPSA) is 112 Å². The van der Waals surface area contributed by atoms with Gasteiger partial charge in [-0.05, 0) is 93.2 Å². The van der Waals surface area contributed by atoms with Gasteiger partial charge in [-0.3, -0.25) is 19.2 Å². The molecule has 5 unspecified atom stereocenters. The average Bonchev–Trinajstić information content (AvgIpc) is 3.24. The lowest BCUT2D eigenvalue weighted by Gasteiger charge is -2.55. The van der Waals surface area contributed by atoms with Gasteiger partial charge >= 0.3 is 23.9 Å². The van der Waals surface area contributed by atoms with Gasteiger partial charge in [0.05, 0.1) is 25.0 Å². The van der Waals surface area contributed by atoms with E-state index in [0.29, 0.717) is 32.1 Å². The number of carbonyl (C=O) groups excluding carboxylic acids is 4. The number of esters is 4. The second kappa shape index (κ2) is 28.9. The molecule has 5 atom stereocenters. The summed E-state index contributed by atoms with van der Waals surface area (Å²) in [5.74, 6) is -4.80. The molecule has 64 heavy (non-hydrogen) atoms. The lowest BCUT2D eigenvalue weighted by atomic mass is 9.66. The first kappa shape index (κ1) is 57.9. The van der Waals surface area contributed by atoms with Gasteiger partial charge in [-0.15, -0.1) is 0 Å². The molecule has 2 aliphatic heterocycles. The third-order valence-electron chi connectivity index (χ3n) is 16.7. The molecule has 2 rings (SSSR count). The summed E-state index contributed by atoms with van der Waals surface area (Å²) in [5.41, 5.74) is -0.963. The zero-order valence-corrected chi connectivity index (χ0v) is 43.8. The number of rotatable bonds is 32. The number of likely N-dealkylation sites (tertiary alicyclic amines) is 2. The normalized spacial score (nSPS) is 22.0. The zero-order chi connectivity index (χ0) is 48.0. The number of hydrogen-bond donors (Lipinski definition) is 0. The summed E-state index contributed by atoms with van der Waals surface area (Å²) in [6.07, 6.45) is 23.6. The number of ether oxygens (including phenoxy) is 4. The van der Waals surface area contributed by atoms with Crippen molar-refractivity contribution in [1.82, 2.24) is 9.80 Å². The quantitative estimate of drug-likeness (QED) is 0.0280. The van der Waals surface area contributed by atoms with Crippen molar-refractivity contribution in [3.8, 4) is 0 Å². The highest BCUT2D eigenvalue weighted by Gasteiger charge is 2.53. The molecule has 2 fully saturated rings. The molecule has 0 bridgehead atoms. The van der Waals surface area contributed by atoms with E-state index in [2.05, 4.69) is 93.1 Å². The van der Waals surface area contributed by atoms with Crippen LogP contribution in [0.25, 0.3) is 0 Å². The maximum Gasteiger partial charge on any atom is 0.321 e. The Hall–Kier alpha value is -2.20. The van der Waals surface area contributed by atoms with E-state index in [1.54, 1.807) is 0 Å². The van der Waals surface area contributed by atoms with E-state index >= 15 is 0 Å². The van der Waals surface area contributed by atoms with E-state index in [0.717, 1.165) is 51.6 Å². The minimum Gasteiger partial charge on any atom is -0.465 e. The lowest BCUT2D eigenvalue weighted by molar-refractivity contribution is -0.185. The summed E-state index contributed by atoms with van der Waals surface area (Å²) in [5, 5.41) is 0. The largest absolute Gasteiger partial charge is 0.465 e. The van der Waals surface area contributed by atoms with Crippen LogP contribution in [0.1, 0.15) is 230 Å². The molecular formula is C54H100N2O8. The molecule has 0 spiro atoms. The fraction of sp³-hybridized carbons (Fsp3) is 0.926. The molecular weight excluding hydrogens is 805 g/mol. The molecule has 0 N–H and O–H groups in total. The van der Waals surface area contributed by atoms with Crippen LogP contribution in [0.5, 0.6) is 0 Å². The molecule has 0 aliphatic carbocycles. The Morgan fingerprint density at radius 3 is 1.23 bits per heavy atom. The van der Waals surface area contributed by atoms with E-state index < -0.39 is 29.7 Å². The smallest absolute Gasteiger partial charge is 0.321 e. The molecule has 0 aromatic heterocycles. The highest BCUT2D eigenvalue weighted by Crippen LogP contribution is 2.46. The fourth-order valence-corrected chi connectivity index (χ4v) is 9.85. The molecule has 10 heteroatoms. The molecule has 0 radical (unpaired) electrons. The number of hydrogen-bond acceptors (Lipinski definition) is 10. The highest BCUT2D eigenvalue weighted by molar-refractivity contribution is 5.99. The number of piperidine rings is 2. The molecule has 374 valence electrons. The van der Waals surface area contributed by atoms with Crippen LogP contribution in [0, 0.1) is 28.6 Å². The maximum absolute atomic E-state index is 14.1. The van der Waals surface area contributed by atoms with Gasteiger partial charge in [0.15, 0.2) is 5.92 Å². The summed E-state index contributed by atoms with van der Waals surface area (Å²) < 4.78 is 24.2. The summed E-state index contributed by atoms with van der Waals surface area (Å²) >= 11 is 0. The molecule has 0 saturated carbocycles. The Labute approximate surface area is 393 Å². The van der Waals surface area contributed by atoms with Crippen LogP contribution < -0.4 is 0 Å². The Bertz CT molecular complexity index is 1360. The standard InChI is InChI=1S/C54H100N2O8/c1-14-17-19-21-23-24-25-26-27-29-32-40-61-49(59)46(43(16-3)48(58)64-45-37-39-56(13)54(10,11)52(45,6)7)50(60)62-41-33-31-35-42(34-30-28-22-20-18-15-2)47(57)63-44-36-38-55(12)53(8,9)51(44,4)5/h42-46H,14-41H2,1-13H3. The molecule has 10 nitrogen and oxygen atoms in total. The van der Waals surface area contributed by atoms with Crippen molar-refractivity contribution in [3.63, 3.8) is 0 Å². The van der Waals surface area contributed by atoms with Crippen molar-refractivity contribution in [2.24, 2.45) is 28.6 Å². The van der Waals surface area contributed by atoms with Crippen LogP contribution in [0.3, 0.4) is 0 Å². The average molecular weight is 905 g/mol. The zero-order valence-electron chi connectivity index (χ0n) is 43.8. The molecule has 2 aliphatic rings. The second-order valence-corrected chi connectivity index (χ2v) is 21.9. The van der Waals surface area contributed by atoms with E-state index in [4.69, 9.17) is 18.9 Å². The van der Waals surface area contributed by atoms with Crippen molar-refractivity contribution in [2.75, 3.05) is 40.4 Å². The molecule has 0 aromatic carbocycles.